The number of rotatable bonds is 8. The lowest BCUT2D eigenvalue weighted by Gasteiger charge is -2.24. The molecule has 1 aromatic carbocycles. The fraction of sp³-hybridized carbons (Fsp3) is 0.500. The van der Waals surface area contributed by atoms with Crippen molar-refractivity contribution in [3.8, 4) is 11.8 Å². The van der Waals surface area contributed by atoms with Crippen molar-refractivity contribution in [3.63, 3.8) is 0 Å². The molecule has 0 saturated carbocycles. The molecule has 0 heterocycles. The van der Waals surface area contributed by atoms with E-state index < -0.39 is 17.0 Å². The number of ether oxygens (including phenoxy) is 1. The molecule has 2 N–H and O–H groups in total. The molecule has 0 aromatic heterocycles. The predicted molar refractivity (Wildman–Crippen MR) is 71.0 cm³/mol. The van der Waals surface area contributed by atoms with Crippen LogP contribution < -0.4 is 25.8 Å². The molecule has 0 aliphatic heterocycles. The number of nitrogens with one attached hydrogen (secondary N) is 1. The Labute approximate surface area is 114 Å². The minimum absolute atomic E-state index is 0.0149. The molecule has 0 fully saturated rings. The van der Waals surface area contributed by atoms with E-state index in [1.165, 1.54) is 4.90 Å². The lowest BCUT2D eigenvalue weighted by atomic mass is 10.2. The van der Waals surface area contributed by atoms with Crippen LogP contribution in [0.1, 0.15) is 13.3 Å². The maximum Gasteiger partial charge on any atom is 0.404 e. The molecule has 1 rings (SSSR count). The molecule has 0 bridgehead atoms. The van der Waals surface area contributed by atoms with Crippen LogP contribution in [0.5, 0.6) is 5.75 Å². The second-order valence-corrected chi connectivity index (χ2v) is 3.93. The fourth-order valence-electron chi connectivity index (χ4n) is 1.74. The molecule has 8 heteroatoms. The molecular formula is C12H15N3O5. The van der Waals surface area contributed by atoms with Gasteiger partial charge in [-0.25, -0.2) is 4.79 Å². The first kappa shape index (κ1) is 15.5. The highest BCUT2D eigenvalue weighted by atomic mass is 16.5. The molecule has 0 atom stereocenters. The van der Waals surface area contributed by atoms with Crippen molar-refractivity contribution in [2.24, 2.45) is 0 Å². The van der Waals surface area contributed by atoms with E-state index in [1.54, 1.807) is 6.92 Å². The fourth-order valence-corrected chi connectivity index (χ4v) is 1.74. The maximum atomic E-state index is 11.6. The number of nitriles is 1. The number of anilines is 1. The van der Waals surface area contributed by atoms with Crippen LogP contribution in [0.2, 0.25) is 0 Å². The third-order valence-electron chi connectivity index (χ3n) is 2.59. The average molecular weight is 281 g/mol. The third-order valence-corrected chi connectivity index (χ3v) is 2.59. The van der Waals surface area contributed by atoms with Crippen molar-refractivity contribution in [2.75, 3.05) is 31.1 Å². The largest absolute Gasteiger partial charge is 0.488 e. The number of carbonyl (C=O) groups is 1. The molecule has 0 saturated heterocycles. The summed E-state index contributed by atoms with van der Waals surface area (Å²) in [6.07, 6.45) is -0.737. The maximum absolute atomic E-state index is 11.6. The summed E-state index contributed by atoms with van der Waals surface area (Å²) >= 11 is 0. The van der Waals surface area contributed by atoms with E-state index in [1.807, 2.05) is 6.07 Å². The zero-order valence-electron chi connectivity index (χ0n) is 11.0. The summed E-state index contributed by atoms with van der Waals surface area (Å²) in [5, 5.41) is 19.4. The average Bonchev–Trinajstić information content (AvgIpc) is 2.42. The van der Waals surface area contributed by atoms with Gasteiger partial charge in [-0.1, -0.05) is 0 Å². The normalized spacial score (nSPS) is 10.0. The number of carboxylic acid groups (broad SMARTS) is 1. The Morgan fingerprint density at radius 2 is 2.15 bits per heavy atom. The van der Waals surface area contributed by atoms with Gasteiger partial charge in [-0.05, 0) is 13.3 Å². The summed E-state index contributed by atoms with van der Waals surface area (Å²) in [6.45, 7) is 2.33. The highest BCUT2D eigenvalue weighted by Gasteiger charge is 2.27. The number of hydrogen-bond acceptors (Lipinski definition) is 6. The molecule has 1 amide bonds. The smallest absolute Gasteiger partial charge is 0.404 e. The molecule has 0 radical (unpaired) electrons. The van der Waals surface area contributed by atoms with Crippen LogP contribution in [0.3, 0.4) is 0 Å². The first-order chi connectivity index (χ1) is 9.52. The first-order valence-electron chi connectivity index (χ1n) is 6.07. The van der Waals surface area contributed by atoms with Gasteiger partial charge in [0.25, 0.3) is 10.9 Å². The lowest BCUT2D eigenvalue weighted by molar-refractivity contribution is 0.194. The number of hydrogen-bond donors (Lipinski definition) is 2. The summed E-state index contributed by atoms with van der Waals surface area (Å²) in [5.74, 6) is -0.0149. The lowest BCUT2D eigenvalue weighted by Crippen LogP contribution is -2.42. The van der Waals surface area contributed by atoms with Gasteiger partial charge in [0.15, 0.2) is 5.75 Å². The van der Waals surface area contributed by atoms with Gasteiger partial charge in [-0.15, -0.1) is 0 Å². The molecule has 20 heavy (non-hydrogen) atoms. The Balaban J connectivity index is 2.74. The van der Waals surface area contributed by atoms with Crippen molar-refractivity contribution >= 4 is 11.8 Å². The van der Waals surface area contributed by atoms with Crippen LogP contribution in [0.25, 0.3) is 0 Å². The molecule has 1 aromatic rings. The van der Waals surface area contributed by atoms with Gasteiger partial charge in [-0.2, -0.15) is 5.26 Å². The van der Waals surface area contributed by atoms with E-state index in [2.05, 4.69) is 5.32 Å². The van der Waals surface area contributed by atoms with E-state index in [9.17, 15) is 14.4 Å². The third kappa shape index (κ3) is 3.47. The topological polar surface area (TPSA) is 120 Å². The van der Waals surface area contributed by atoms with Gasteiger partial charge in [0.1, 0.15) is 12.2 Å². The zero-order chi connectivity index (χ0) is 15.1. The molecule has 108 valence electrons. The van der Waals surface area contributed by atoms with E-state index in [-0.39, 0.29) is 37.7 Å². The molecule has 0 unspecified atom stereocenters. The molecular weight excluding hydrogens is 266 g/mol. The number of amides is 1. The van der Waals surface area contributed by atoms with Gasteiger partial charge in [0, 0.05) is 13.1 Å². The van der Waals surface area contributed by atoms with Gasteiger partial charge in [0.05, 0.1) is 12.7 Å². The summed E-state index contributed by atoms with van der Waals surface area (Å²) in [6, 6.07) is 1.90. The monoisotopic (exact) mass is 281 g/mol. The standard InChI is InChI=1S/C12H15N3O5/c1-2-20-11-8(9(16)10(11)17)15(7-4-13)6-3-5-14-12(18)19/h14H,2-3,5-7H2,1H3,(H,18,19). The van der Waals surface area contributed by atoms with E-state index in [0.717, 1.165) is 0 Å². The van der Waals surface area contributed by atoms with Gasteiger partial charge >= 0.3 is 6.09 Å². The second kappa shape index (κ2) is 7.13. The van der Waals surface area contributed by atoms with Crippen LogP contribution >= 0.6 is 0 Å². The molecule has 0 spiro atoms. The Bertz CT molecular complexity index is 583. The van der Waals surface area contributed by atoms with Crippen LogP contribution in [-0.4, -0.2) is 37.4 Å². The minimum Gasteiger partial charge on any atom is -0.488 e. The second-order valence-electron chi connectivity index (χ2n) is 3.93. The number of nitrogens with zero attached hydrogens (tertiary/aromatic N) is 2. The summed E-state index contributed by atoms with van der Waals surface area (Å²) in [5.41, 5.74) is -1.25. The SMILES string of the molecule is CCOc1c(N(CC#N)CCCNC(=O)O)c(=O)c1=O. The Morgan fingerprint density at radius 1 is 1.45 bits per heavy atom. The van der Waals surface area contributed by atoms with E-state index >= 15 is 0 Å². The summed E-state index contributed by atoms with van der Waals surface area (Å²) in [4.78, 5) is 34.6. The van der Waals surface area contributed by atoms with Crippen LogP contribution in [-0.2, 0) is 0 Å². The molecule has 0 aliphatic carbocycles. The summed E-state index contributed by atoms with van der Waals surface area (Å²) in [7, 11) is 0. The highest BCUT2D eigenvalue weighted by Crippen LogP contribution is 2.22. The van der Waals surface area contributed by atoms with Crippen LogP contribution in [0, 0.1) is 11.3 Å². The summed E-state index contributed by atoms with van der Waals surface area (Å²) < 4.78 is 5.09. The minimum atomic E-state index is -1.14. The first-order valence-corrected chi connectivity index (χ1v) is 6.07. The Hall–Kier alpha value is -2.56. The predicted octanol–water partition coefficient (Wildman–Crippen LogP) is -0.331. The van der Waals surface area contributed by atoms with E-state index in [0.29, 0.717) is 6.42 Å². The van der Waals surface area contributed by atoms with Crippen molar-refractivity contribution in [1.82, 2.24) is 5.32 Å². The van der Waals surface area contributed by atoms with Crippen molar-refractivity contribution in [2.45, 2.75) is 13.3 Å². The quantitative estimate of drug-likeness (QED) is 0.380. The van der Waals surface area contributed by atoms with Gasteiger partial charge < -0.3 is 20.1 Å². The molecule has 0 aliphatic rings. The van der Waals surface area contributed by atoms with Crippen LogP contribution in [0.4, 0.5) is 10.5 Å². The van der Waals surface area contributed by atoms with Crippen LogP contribution in [0.15, 0.2) is 9.59 Å². The molecule has 8 nitrogen and oxygen atoms in total. The Kier molecular flexibility index (Phi) is 5.53. The zero-order valence-corrected chi connectivity index (χ0v) is 11.0. The van der Waals surface area contributed by atoms with Crippen molar-refractivity contribution in [3.05, 3.63) is 20.4 Å². The van der Waals surface area contributed by atoms with Crippen molar-refractivity contribution < 1.29 is 14.6 Å². The van der Waals surface area contributed by atoms with Crippen molar-refractivity contribution in [1.29, 1.82) is 5.26 Å². The van der Waals surface area contributed by atoms with E-state index in [4.69, 9.17) is 15.1 Å². The highest BCUT2D eigenvalue weighted by molar-refractivity contribution is 5.65. The van der Waals surface area contributed by atoms with Gasteiger partial charge in [-0.3, -0.25) is 9.59 Å². The Morgan fingerprint density at radius 3 is 2.70 bits per heavy atom. The van der Waals surface area contributed by atoms with Gasteiger partial charge in [0.2, 0.25) is 0 Å².